The molecule has 0 saturated heterocycles. The van der Waals surface area contributed by atoms with Crippen molar-refractivity contribution >= 4 is 15.7 Å². The Morgan fingerprint density at radius 1 is 1.50 bits per heavy atom. The summed E-state index contributed by atoms with van der Waals surface area (Å²) in [6.45, 7) is 0. The number of hydrogen-bond acceptors (Lipinski definition) is 5. The monoisotopic (exact) mass is 253 g/mol. The number of nitrogens with zero attached hydrogens (tertiary/aromatic N) is 2. The first-order valence-corrected chi connectivity index (χ1v) is 5.23. The topological polar surface area (TPSA) is 116 Å². The van der Waals surface area contributed by atoms with Gasteiger partial charge in [0, 0.05) is 6.07 Å². The highest BCUT2D eigenvalue weighted by Gasteiger charge is 2.25. The second-order valence-electron chi connectivity index (χ2n) is 2.68. The van der Waals surface area contributed by atoms with Crippen LogP contribution in [0.3, 0.4) is 0 Å². The Kier molecular flexibility index (Phi) is 3.14. The third-order valence-electron chi connectivity index (χ3n) is 1.59. The number of rotatable bonds is 3. The molecule has 88 valence electrons. The zero-order valence-corrected chi connectivity index (χ0v) is 8.32. The summed E-state index contributed by atoms with van der Waals surface area (Å²) in [6.07, 6.45) is -2.65. The highest BCUT2D eigenvalue weighted by Crippen LogP contribution is 2.26. The minimum absolute atomic E-state index is 0.448. The molecule has 0 saturated carbocycles. The predicted molar refractivity (Wildman–Crippen MR) is 47.2 cm³/mol. The molecule has 0 radical (unpaired) electrons. The fourth-order valence-electron chi connectivity index (χ4n) is 0.936. The average molecular weight is 253 g/mol. The SMILES string of the molecule is NS(=O)(=O)c1cc([N+](=O)[O-])cnc1C(F)F. The first-order chi connectivity index (χ1) is 7.23. The molecule has 2 N–H and O–H groups in total. The Bertz CT molecular complexity index is 531. The van der Waals surface area contributed by atoms with Crippen molar-refractivity contribution in [3.05, 3.63) is 28.1 Å². The van der Waals surface area contributed by atoms with Crippen molar-refractivity contribution in [1.82, 2.24) is 4.98 Å². The molecule has 0 bridgehead atoms. The summed E-state index contributed by atoms with van der Waals surface area (Å²) >= 11 is 0. The maximum atomic E-state index is 12.3. The lowest BCUT2D eigenvalue weighted by Crippen LogP contribution is -2.16. The van der Waals surface area contributed by atoms with Crippen LogP contribution >= 0.6 is 0 Å². The van der Waals surface area contributed by atoms with E-state index in [1.54, 1.807) is 0 Å². The van der Waals surface area contributed by atoms with Crippen LogP contribution < -0.4 is 5.14 Å². The third kappa shape index (κ3) is 2.46. The summed E-state index contributed by atoms with van der Waals surface area (Å²) in [5.41, 5.74) is -1.83. The Morgan fingerprint density at radius 3 is 2.44 bits per heavy atom. The number of sulfonamides is 1. The van der Waals surface area contributed by atoms with Gasteiger partial charge in [-0.3, -0.25) is 10.1 Å². The van der Waals surface area contributed by atoms with Crippen LogP contribution in [0.1, 0.15) is 12.1 Å². The Balaban J connectivity index is 3.51. The Labute approximate surface area is 88.1 Å². The van der Waals surface area contributed by atoms with E-state index in [0.29, 0.717) is 12.3 Å². The van der Waals surface area contributed by atoms with E-state index in [4.69, 9.17) is 0 Å². The summed E-state index contributed by atoms with van der Waals surface area (Å²) in [5, 5.41) is 14.9. The number of hydrogen-bond donors (Lipinski definition) is 1. The van der Waals surface area contributed by atoms with Gasteiger partial charge < -0.3 is 0 Å². The molecule has 0 unspecified atom stereocenters. The summed E-state index contributed by atoms with van der Waals surface area (Å²) in [5.74, 6) is 0. The highest BCUT2D eigenvalue weighted by atomic mass is 32.2. The maximum absolute atomic E-state index is 12.3. The number of nitro groups is 1. The number of aromatic nitrogens is 1. The number of pyridine rings is 1. The Hall–Kier alpha value is -1.68. The lowest BCUT2D eigenvalue weighted by atomic mass is 10.3. The van der Waals surface area contributed by atoms with Gasteiger partial charge in [0.05, 0.1) is 4.92 Å². The molecule has 0 aliphatic carbocycles. The van der Waals surface area contributed by atoms with E-state index >= 15 is 0 Å². The molecule has 0 atom stereocenters. The van der Waals surface area contributed by atoms with Crippen molar-refractivity contribution in [1.29, 1.82) is 0 Å². The van der Waals surface area contributed by atoms with E-state index in [9.17, 15) is 27.3 Å². The third-order valence-corrected chi connectivity index (χ3v) is 2.53. The van der Waals surface area contributed by atoms with Gasteiger partial charge in [-0.15, -0.1) is 0 Å². The van der Waals surface area contributed by atoms with Crippen molar-refractivity contribution in [2.75, 3.05) is 0 Å². The average Bonchev–Trinajstić information content (AvgIpc) is 2.15. The minimum Gasteiger partial charge on any atom is -0.258 e. The molecule has 16 heavy (non-hydrogen) atoms. The molecule has 1 heterocycles. The van der Waals surface area contributed by atoms with Crippen molar-refractivity contribution < 1.29 is 22.1 Å². The first-order valence-electron chi connectivity index (χ1n) is 3.68. The van der Waals surface area contributed by atoms with Crippen molar-refractivity contribution in [3.8, 4) is 0 Å². The largest absolute Gasteiger partial charge is 0.288 e. The standard InChI is InChI=1S/C6H5F2N3O4S/c7-6(8)5-4(16(9,14)15)1-3(2-10-5)11(12)13/h1-2,6H,(H2,9,14,15). The molecule has 0 aliphatic heterocycles. The second kappa shape index (κ2) is 4.06. The van der Waals surface area contributed by atoms with Crippen LogP contribution in [0.4, 0.5) is 14.5 Å². The lowest BCUT2D eigenvalue weighted by molar-refractivity contribution is -0.385. The van der Waals surface area contributed by atoms with Crippen LogP contribution in [-0.4, -0.2) is 18.3 Å². The molecule has 7 nitrogen and oxygen atoms in total. The van der Waals surface area contributed by atoms with Gasteiger partial charge in [0.1, 0.15) is 16.8 Å². The van der Waals surface area contributed by atoms with Gasteiger partial charge in [-0.05, 0) is 0 Å². The minimum atomic E-state index is -4.48. The quantitative estimate of drug-likeness (QED) is 0.624. The number of alkyl halides is 2. The van der Waals surface area contributed by atoms with Gasteiger partial charge in [-0.1, -0.05) is 0 Å². The molecule has 0 fully saturated rings. The van der Waals surface area contributed by atoms with E-state index in [0.717, 1.165) is 0 Å². The van der Waals surface area contributed by atoms with Gasteiger partial charge in [-0.25, -0.2) is 27.3 Å². The van der Waals surface area contributed by atoms with Gasteiger partial charge in [0.25, 0.3) is 12.1 Å². The van der Waals surface area contributed by atoms with Crippen LogP contribution in [0.25, 0.3) is 0 Å². The molecule has 1 aromatic heterocycles. The Morgan fingerprint density at radius 2 is 2.06 bits per heavy atom. The van der Waals surface area contributed by atoms with Crippen LogP contribution in [0.2, 0.25) is 0 Å². The van der Waals surface area contributed by atoms with E-state index in [1.807, 2.05) is 0 Å². The first kappa shape index (κ1) is 12.4. The van der Waals surface area contributed by atoms with Crippen molar-refractivity contribution in [2.24, 2.45) is 5.14 Å². The summed E-state index contributed by atoms with van der Waals surface area (Å²) < 4.78 is 46.5. The number of primary sulfonamides is 1. The van der Waals surface area contributed by atoms with Gasteiger partial charge in [0.2, 0.25) is 10.0 Å². The molecular formula is C6H5F2N3O4S. The van der Waals surface area contributed by atoms with E-state index in [-0.39, 0.29) is 0 Å². The number of halogens is 2. The predicted octanol–water partition coefficient (Wildman–Crippen LogP) is 0.575. The summed E-state index contributed by atoms with van der Waals surface area (Å²) in [6, 6.07) is 0.448. The van der Waals surface area contributed by atoms with E-state index < -0.39 is 37.6 Å². The molecule has 1 aromatic rings. The molecule has 10 heteroatoms. The zero-order valence-electron chi connectivity index (χ0n) is 7.50. The van der Waals surface area contributed by atoms with E-state index in [1.165, 1.54) is 0 Å². The van der Waals surface area contributed by atoms with Crippen LogP contribution in [0.15, 0.2) is 17.2 Å². The van der Waals surface area contributed by atoms with Gasteiger partial charge >= 0.3 is 0 Å². The molecule has 1 rings (SSSR count). The molecule has 0 amide bonds. The molecule has 0 aromatic carbocycles. The molecular weight excluding hydrogens is 248 g/mol. The summed E-state index contributed by atoms with van der Waals surface area (Å²) in [7, 11) is -4.48. The second-order valence-corrected chi connectivity index (χ2v) is 4.21. The normalized spacial score (nSPS) is 11.8. The summed E-state index contributed by atoms with van der Waals surface area (Å²) in [4.78, 5) is 11.3. The van der Waals surface area contributed by atoms with Crippen molar-refractivity contribution in [3.63, 3.8) is 0 Å². The van der Waals surface area contributed by atoms with Gasteiger partial charge in [-0.2, -0.15) is 0 Å². The van der Waals surface area contributed by atoms with Crippen molar-refractivity contribution in [2.45, 2.75) is 11.3 Å². The zero-order chi connectivity index (χ0) is 12.5. The molecule has 0 spiro atoms. The maximum Gasteiger partial charge on any atom is 0.288 e. The van der Waals surface area contributed by atoms with Crippen LogP contribution in [-0.2, 0) is 10.0 Å². The van der Waals surface area contributed by atoms with Crippen LogP contribution in [0, 0.1) is 10.1 Å². The lowest BCUT2D eigenvalue weighted by Gasteiger charge is -2.04. The highest BCUT2D eigenvalue weighted by molar-refractivity contribution is 7.89. The van der Waals surface area contributed by atoms with Gasteiger partial charge in [0.15, 0.2) is 0 Å². The van der Waals surface area contributed by atoms with E-state index in [2.05, 4.69) is 10.1 Å². The fraction of sp³-hybridized carbons (Fsp3) is 0.167. The smallest absolute Gasteiger partial charge is 0.258 e. The molecule has 0 aliphatic rings. The van der Waals surface area contributed by atoms with Crippen LogP contribution in [0.5, 0.6) is 0 Å². The fourth-order valence-corrected chi connectivity index (χ4v) is 1.65. The number of nitrogens with two attached hydrogens (primary N) is 1.